The van der Waals surface area contributed by atoms with E-state index in [1.165, 1.54) is 11.8 Å². The Morgan fingerprint density at radius 2 is 2.06 bits per heavy atom. The number of hydrogen-bond donors (Lipinski definition) is 2. The first-order valence-electron chi connectivity index (χ1n) is 9.61. The fourth-order valence-electron chi connectivity index (χ4n) is 3.12. The molecular formula is C21H19BrN4O5S. The highest BCUT2D eigenvalue weighted by molar-refractivity contribution is 9.10. The molecule has 1 aromatic heterocycles. The molecule has 0 radical (unpaired) electrons. The monoisotopic (exact) mass is 518 g/mol. The minimum atomic E-state index is -1.07. The van der Waals surface area contributed by atoms with Gasteiger partial charge in [0.05, 0.1) is 6.61 Å². The third-order valence-corrected chi connectivity index (χ3v) is 5.52. The molecule has 2 heterocycles. The summed E-state index contributed by atoms with van der Waals surface area (Å²) in [5, 5.41) is 21.3. The van der Waals surface area contributed by atoms with Crippen molar-refractivity contribution < 1.29 is 24.1 Å². The smallest absolute Gasteiger partial charge is 0.341 e. The molecule has 1 aliphatic heterocycles. The average Bonchev–Trinajstić information content (AvgIpc) is 2.94. The number of fused-ring (bicyclic) bond motifs is 3. The zero-order valence-electron chi connectivity index (χ0n) is 17.2. The number of thioether (sulfide) groups is 1. The van der Waals surface area contributed by atoms with E-state index in [0.29, 0.717) is 34.8 Å². The van der Waals surface area contributed by atoms with Gasteiger partial charge in [-0.3, -0.25) is 0 Å². The maximum atomic E-state index is 10.9. The van der Waals surface area contributed by atoms with Crippen molar-refractivity contribution in [1.29, 1.82) is 0 Å². The highest BCUT2D eigenvalue weighted by Gasteiger charge is 2.27. The average molecular weight is 519 g/mol. The standard InChI is InChI=1S/C21H19BrN4O5S/c1-3-29-16-8-11(4-7-15(16)30-10-17(27)28)19-23-14-6-5-12(22)9-13(14)18-20(31-19)24-21(32-2)26-25-18/h4-9,19,23H,3,10H2,1-2H3,(H,27,28). The highest BCUT2D eigenvalue weighted by Crippen LogP contribution is 2.41. The quantitative estimate of drug-likeness (QED) is 0.436. The number of anilines is 1. The predicted octanol–water partition coefficient (Wildman–Crippen LogP) is 4.39. The number of aliphatic carboxylic acids is 1. The zero-order valence-corrected chi connectivity index (χ0v) is 19.6. The molecule has 1 atom stereocenters. The van der Waals surface area contributed by atoms with E-state index in [4.69, 9.17) is 19.3 Å². The molecule has 0 saturated heterocycles. The number of nitrogens with zero attached hydrogens (tertiary/aromatic N) is 3. The minimum Gasteiger partial charge on any atom is -0.490 e. The molecule has 0 aliphatic carbocycles. The van der Waals surface area contributed by atoms with E-state index < -0.39 is 18.8 Å². The third kappa shape index (κ3) is 4.73. The Labute approximate surface area is 196 Å². The number of hydrogen-bond acceptors (Lipinski definition) is 9. The lowest BCUT2D eigenvalue weighted by Gasteiger charge is -2.21. The topological polar surface area (TPSA) is 116 Å². The van der Waals surface area contributed by atoms with E-state index >= 15 is 0 Å². The molecule has 3 aromatic rings. The van der Waals surface area contributed by atoms with E-state index in [1.54, 1.807) is 18.2 Å². The summed E-state index contributed by atoms with van der Waals surface area (Å²) >= 11 is 4.87. The van der Waals surface area contributed by atoms with E-state index in [9.17, 15) is 4.79 Å². The normalized spacial score (nSPS) is 14.3. The minimum absolute atomic E-state index is 0.338. The van der Waals surface area contributed by atoms with Crippen LogP contribution in [-0.2, 0) is 4.79 Å². The van der Waals surface area contributed by atoms with E-state index in [-0.39, 0.29) is 0 Å². The van der Waals surface area contributed by atoms with Gasteiger partial charge < -0.3 is 24.6 Å². The number of carbonyl (C=O) groups is 1. The van der Waals surface area contributed by atoms with Crippen LogP contribution >= 0.6 is 27.7 Å². The number of rotatable bonds is 7. The lowest BCUT2D eigenvalue weighted by Crippen LogP contribution is -2.17. The fourth-order valence-corrected chi connectivity index (χ4v) is 3.78. The van der Waals surface area contributed by atoms with Gasteiger partial charge in [-0.25, -0.2) is 4.79 Å². The maximum absolute atomic E-state index is 10.9. The number of benzene rings is 2. The highest BCUT2D eigenvalue weighted by atomic mass is 79.9. The van der Waals surface area contributed by atoms with E-state index in [2.05, 4.69) is 36.4 Å². The second-order valence-electron chi connectivity index (χ2n) is 6.61. The van der Waals surface area contributed by atoms with Gasteiger partial charge in [0.15, 0.2) is 30.0 Å². The number of aromatic nitrogens is 3. The summed E-state index contributed by atoms with van der Waals surface area (Å²) in [6.07, 6.45) is 1.25. The van der Waals surface area contributed by atoms with Crippen molar-refractivity contribution in [2.75, 3.05) is 24.8 Å². The van der Waals surface area contributed by atoms with Crippen LogP contribution in [0.1, 0.15) is 18.7 Å². The largest absolute Gasteiger partial charge is 0.490 e. The molecule has 11 heteroatoms. The predicted molar refractivity (Wildman–Crippen MR) is 122 cm³/mol. The van der Waals surface area contributed by atoms with Gasteiger partial charge >= 0.3 is 5.97 Å². The van der Waals surface area contributed by atoms with Crippen LogP contribution in [-0.4, -0.2) is 45.7 Å². The summed E-state index contributed by atoms with van der Waals surface area (Å²) in [5.74, 6) is 0.0390. The van der Waals surface area contributed by atoms with Gasteiger partial charge in [0.1, 0.15) is 0 Å². The lowest BCUT2D eigenvalue weighted by molar-refractivity contribution is -0.139. The van der Waals surface area contributed by atoms with Crippen LogP contribution in [0.3, 0.4) is 0 Å². The van der Waals surface area contributed by atoms with Crippen LogP contribution < -0.4 is 19.5 Å². The third-order valence-electron chi connectivity index (χ3n) is 4.49. The Morgan fingerprint density at radius 1 is 1.22 bits per heavy atom. The first kappa shape index (κ1) is 22.2. The Hall–Kier alpha value is -3.05. The molecular weight excluding hydrogens is 500 g/mol. The summed E-state index contributed by atoms with van der Waals surface area (Å²) in [6.45, 7) is 1.76. The van der Waals surface area contributed by atoms with Crippen molar-refractivity contribution in [2.24, 2.45) is 0 Å². The number of halogens is 1. The number of carboxylic acid groups (broad SMARTS) is 1. The second-order valence-corrected chi connectivity index (χ2v) is 8.30. The van der Waals surface area contributed by atoms with Crippen LogP contribution in [0.25, 0.3) is 11.3 Å². The number of carboxylic acids is 1. The molecule has 32 heavy (non-hydrogen) atoms. The maximum Gasteiger partial charge on any atom is 0.341 e. The number of ether oxygens (including phenoxy) is 3. The van der Waals surface area contributed by atoms with E-state index in [1.807, 2.05) is 31.4 Å². The van der Waals surface area contributed by atoms with Gasteiger partial charge in [-0.15, -0.1) is 10.2 Å². The summed E-state index contributed by atoms with van der Waals surface area (Å²) in [5.41, 5.74) is 2.87. The van der Waals surface area contributed by atoms with Gasteiger partial charge in [-0.1, -0.05) is 27.7 Å². The molecule has 9 nitrogen and oxygen atoms in total. The van der Waals surface area contributed by atoms with Crippen molar-refractivity contribution in [3.63, 3.8) is 0 Å². The van der Waals surface area contributed by atoms with Crippen LogP contribution in [0, 0.1) is 0 Å². The number of nitrogens with one attached hydrogen (secondary N) is 1. The van der Waals surface area contributed by atoms with Crippen LogP contribution in [0.15, 0.2) is 46.0 Å². The van der Waals surface area contributed by atoms with Crippen LogP contribution in [0.2, 0.25) is 0 Å². The van der Waals surface area contributed by atoms with Crippen molar-refractivity contribution >= 4 is 39.3 Å². The molecule has 0 bridgehead atoms. The molecule has 2 N–H and O–H groups in total. The summed E-state index contributed by atoms with van der Waals surface area (Å²) in [4.78, 5) is 15.4. The lowest BCUT2D eigenvalue weighted by atomic mass is 10.1. The van der Waals surface area contributed by atoms with Crippen molar-refractivity contribution in [2.45, 2.75) is 18.3 Å². The first-order valence-corrected chi connectivity index (χ1v) is 11.6. The summed E-state index contributed by atoms with van der Waals surface area (Å²) in [7, 11) is 0. The molecule has 1 unspecified atom stereocenters. The SMILES string of the molecule is CCOc1cc(C2Nc3ccc(Br)cc3-c3nnc(SC)nc3O2)ccc1OCC(=O)O. The second kappa shape index (κ2) is 9.61. The van der Waals surface area contributed by atoms with Gasteiger partial charge in [-0.2, -0.15) is 4.98 Å². The van der Waals surface area contributed by atoms with Gasteiger partial charge in [0.2, 0.25) is 11.0 Å². The van der Waals surface area contributed by atoms with Crippen LogP contribution in [0.5, 0.6) is 17.4 Å². The summed E-state index contributed by atoms with van der Waals surface area (Å²) < 4.78 is 18.1. The van der Waals surface area contributed by atoms with Crippen molar-refractivity contribution in [1.82, 2.24) is 15.2 Å². The van der Waals surface area contributed by atoms with Crippen molar-refractivity contribution in [3.05, 3.63) is 46.4 Å². The Morgan fingerprint density at radius 3 is 2.81 bits per heavy atom. The molecule has 0 amide bonds. The Bertz CT molecular complexity index is 1160. The molecule has 4 rings (SSSR count). The zero-order chi connectivity index (χ0) is 22.7. The molecule has 2 aromatic carbocycles. The van der Waals surface area contributed by atoms with Gasteiger partial charge in [0, 0.05) is 21.3 Å². The van der Waals surface area contributed by atoms with Crippen molar-refractivity contribution in [3.8, 4) is 28.6 Å². The first-order chi connectivity index (χ1) is 15.5. The fraction of sp³-hybridized carbons (Fsp3) is 0.238. The summed E-state index contributed by atoms with van der Waals surface area (Å²) in [6, 6.07) is 11.0. The van der Waals surface area contributed by atoms with Gasteiger partial charge in [-0.05, 0) is 49.6 Å². The molecule has 0 saturated carbocycles. The molecule has 0 fully saturated rings. The molecule has 0 spiro atoms. The Kier molecular flexibility index (Phi) is 6.66. The van der Waals surface area contributed by atoms with Crippen LogP contribution in [0.4, 0.5) is 5.69 Å². The van der Waals surface area contributed by atoms with Gasteiger partial charge in [0.25, 0.3) is 0 Å². The molecule has 166 valence electrons. The molecule has 1 aliphatic rings. The Balaban J connectivity index is 1.76. The van der Waals surface area contributed by atoms with E-state index in [0.717, 1.165) is 21.3 Å².